The molecule has 7 heteroatoms. The van der Waals surface area contributed by atoms with Crippen molar-refractivity contribution in [2.75, 3.05) is 5.32 Å². The van der Waals surface area contributed by atoms with E-state index in [1.807, 2.05) is 25.1 Å². The van der Waals surface area contributed by atoms with Crippen molar-refractivity contribution >= 4 is 23.4 Å². The molecule has 3 amide bonds. The van der Waals surface area contributed by atoms with Gasteiger partial charge in [-0.3, -0.25) is 25.2 Å². The maximum absolute atomic E-state index is 12.1. The van der Waals surface area contributed by atoms with Crippen LogP contribution in [0.4, 0.5) is 5.69 Å². The molecule has 0 heterocycles. The lowest BCUT2D eigenvalue weighted by atomic mass is 10.2. The molecule has 1 unspecified atom stereocenters. The van der Waals surface area contributed by atoms with Crippen LogP contribution in [0, 0.1) is 6.92 Å². The van der Waals surface area contributed by atoms with Crippen LogP contribution < -0.4 is 20.9 Å². The monoisotopic (exact) mass is 355 g/mol. The van der Waals surface area contributed by atoms with Crippen LogP contribution in [0.1, 0.15) is 29.8 Å². The van der Waals surface area contributed by atoms with Crippen LogP contribution >= 0.6 is 0 Å². The second kappa shape index (κ2) is 8.66. The molecule has 7 nitrogen and oxygen atoms in total. The Morgan fingerprint density at radius 1 is 1.00 bits per heavy atom. The first kappa shape index (κ1) is 19.0. The van der Waals surface area contributed by atoms with Gasteiger partial charge < -0.3 is 10.1 Å². The van der Waals surface area contributed by atoms with Gasteiger partial charge in [-0.25, -0.2) is 0 Å². The number of hydrazine groups is 1. The molecule has 2 aromatic rings. The Morgan fingerprint density at radius 2 is 1.69 bits per heavy atom. The van der Waals surface area contributed by atoms with E-state index in [0.29, 0.717) is 17.0 Å². The highest BCUT2D eigenvalue weighted by Gasteiger charge is 2.16. The molecule has 2 aromatic carbocycles. The second-order valence-electron chi connectivity index (χ2n) is 5.78. The molecule has 2 rings (SSSR count). The van der Waals surface area contributed by atoms with Gasteiger partial charge in [0.2, 0.25) is 5.91 Å². The van der Waals surface area contributed by atoms with Crippen molar-refractivity contribution in [3.63, 3.8) is 0 Å². The van der Waals surface area contributed by atoms with Gasteiger partial charge in [-0.2, -0.15) is 0 Å². The lowest BCUT2D eigenvalue weighted by molar-refractivity contribution is -0.128. The van der Waals surface area contributed by atoms with E-state index in [0.717, 1.165) is 5.56 Å². The summed E-state index contributed by atoms with van der Waals surface area (Å²) in [4.78, 5) is 35.1. The molecule has 0 spiro atoms. The van der Waals surface area contributed by atoms with Gasteiger partial charge in [0.15, 0.2) is 6.10 Å². The summed E-state index contributed by atoms with van der Waals surface area (Å²) in [6, 6.07) is 13.6. The molecule has 0 aromatic heterocycles. The van der Waals surface area contributed by atoms with Crippen molar-refractivity contribution in [1.29, 1.82) is 0 Å². The predicted octanol–water partition coefficient (Wildman–Crippen LogP) is 2.18. The Balaban J connectivity index is 1.85. The number of carbonyl (C=O) groups excluding carboxylic acids is 3. The fourth-order valence-electron chi connectivity index (χ4n) is 2.15. The zero-order chi connectivity index (χ0) is 19.1. The van der Waals surface area contributed by atoms with Crippen molar-refractivity contribution in [3.05, 3.63) is 59.7 Å². The Kier molecular flexibility index (Phi) is 6.32. The molecule has 0 aliphatic heterocycles. The van der Waals surface area contributed by atoms with Crippen molar-refractivity contribution in [2.45, 2.75) is 26.9 Å². The summed E-state index contributed by atoms with van der Waals surface area (Å²) in [5, 5.41) is 2.61. The van der Waals surface area contributed by atoms with E-state index in [9.17, 15) is 14.4 Å². The Bertz CT molecular complexity index is 803. The van der Waals surface area contributed by atoms with E-state index in [1.165, 1.54) is 6.92 Å². The predicted molar refractivity (Wildman–Crippen MR) is 97.6 cm³/mol. The molecular weight excluding hydrogens is 334 g/mol. The van der Waals surface area contributed by atoms with Crippen LogP contribution in [0.3, 0.4) is 0 Å². The van der Waals surface area contributed by atoms with Crippen LogP contribution in [-0.4, -0.2) is 23.8 Å². The van der Waals surface area contributed by atoms with Crippen LogP contribution in [-0.2, 0) is 9.59 Å². The summed E-state index contributed by atoms with van der Waals surface area (Å²) in [6.45, 7) is 4.91. The SMILES string of the molecule is CC(=O)Nc1ccc(C(=O)NNC(=O)C(C)Oc2cccc(C)c2)cc1. The van der Waals surface area contributed by atoms with Gasteiger partial charge in [0, 0.05) is 18.2 Å². The summed E-state index contributed by atoms with van der Waals surface area (Å²) < 4.78 is 5.54. The molecule has 26 heavy (non-hydrogen) atoms. The summed E-state index contributed by atoms with van der Waals surface area (Å²) in [5.41, 5.74) is 6.60. The van der Waals surface area contributed by atoms with Gasteiger partial charge in [0.25, 0.3) is 11.8 Å². The molecule has 0 saturated heterocycles. The van der Waals surface area contributed by atoms with Crippen LogP contribution in [0.5, 0.6) is 5.75 Å². The summed E-state index contributed by atoms with van der Waals surface area (Å²) in [5.74, 6) is -0.574. The van der Waals surface area contributed by atoms with Crippen molar-refractivity contribution in [1.82, 2.24) is 10.9 Å². The van der Waals surface area contributed by atoms with Crippen molar-refractivity contribution < 1.29 is 19.1 Å². The third kappa shape index (κ3) is 5.62. The molecular formula is C19H21N3O4. The van der Waals surface area contributed by atoms with E-state index < -0.39 is 17.9 Å². The van der Waals surface area contributed by atoms with Crippen molar-refractivity contribution in [2.24, 2.45) is 0 Å². The molecule has 0 aliphatic rings. The average Bonchev–Trinajstić information content (AvgIpc) is 2.59. The smallest absolute Gasteiger partial charge is 0.279 e. The summed E-state index contributed by atoms with van der Waals surface area (Å²) in [7, 11) is 0. The molecule has 0 aliphatic carbocycles. The maximum atomic E-state index is 12.1. The fourth-order valence-corrected chi connectivity index (χ4v) is 2.15. The maximum Gasteiger partial charge on any atom is 0.279 e. The van der Waals surface area contributed by atoms with Crippen LogP contribution in [0.15, 0.2) is 48.5 Å². The Hall–Kier alpha value is -3.35. The largest absolute Gasteiger partial charge is 0.481 e. The minimum absolute atomic E-state index is 0.197. The van der Waals surface area contributed by atoms with E-state index >= 15 is 0 Å². The number of hydrogen-bond acceptors (Lipinski definition) is 4. The first-order valence-corrected chi connectivity index (χ1v) is 8.06. The molecule has 136 valence electrons. The third-order valence-electron chi connectivity index (χ3n) is 3.44. The van der Waals surface area contributed by atoms with E-state index in [2.05, 4.69) is 16.2 Å². The van der Waals surface area contributed by atoms with Gasteiger partial charge in [-0.15, -0.1) is 0 Å². The number of aryl methyl sites for hydroxylation is 1. The van der Waals surface area contributed by atoms with Crippen LogP contribution in [0.25, 0.3) is 0 Å². The third-order valence-corrected chi connectivity index (χ3v) is 3.44. The zero-order valence-electron chi connectivity index (χ0n) is 14.8. The molecule has 0 fully saturated rings. The normalized spacial score (nSPS) is 11.2. The number of ether oxygens (including phenoxy) is 1. The lowest BCUT2D eigenvalue weighted by Gasteiger charge is -2.15. The lowest BCUT2D eigenvalue weighted by Crippen LogP contribution is -2.47. The van der Waals surface area contributed by atoms with Gasteiger partial charge >= 0.3 is 0 Å². The molecule has 3 N–H and O–H groups in total. The summed E-state index contributed by atoms with van der Waals surface area (Å²) >= 11 is 0. The zero-order valence-corrected chi connectivity index (χ0v) is 14.8. The van der Waals surface area contributed by atoms with Crippen LogP contribution in [0.2, 0.25) is 0 Å². The topological polar surface area (TPSA) is 96.5 Å². The quantitative estimate of drug-likeness (QED) is 0.716. The van der Waals surface area contributed by atoms with Gasteiger partial charge in [-0.05, 0) is 55.8 Å². The highest BCUT2D eigenvalue weighted by molar-refractivity contribution is 5.96. The molecule has 0 radical (unpaired) electrons. The summed E-state index contributed by atoms with van der Waals surface area (Å²) in [6.07, 6.45) is -0.778. The number of nitrogens with one attached hydrogen (secondary N) is 3. The average molecular weight is 355 g/mol. The van der Waals surface area contributed by atoms with Gasteiger partial charge in [0.05, 0.1) is 0 Å². The van der Waals surface area contributed by atoms with Crippen molar-refractivity contribution in [3.8, 4) is 5.75 Å². The Morgan fingerprint density at radius 3 is 2.31 bits per heavy atom. The first-order chi connectivity index (χ1) is 12.3. The number of amides is 3. The molecule has 0 saturated carbocycles. The minimum atomic E-state index is -0.778. The number of hydrogen-bond donors (Lipinski definition) is 3. The first-order valence-electron chi connectivity index (χ1n) is 8.06. The highest BCUT2D eigenvalue weighted by Crippen LogP contribution is 2.14. The van der Waals surface area contributed by atoms with E-state index in [4.69, 9.17) is 4.74 Å². The standard InChI is InChI=1S/C19H21N3O4/c1-12-5-4-6-17(11-12)26-13(2)18(24)21-22-19(25)15-7-9-16(10-8-15)20-14(3)23/h4-11,13H,1-3H3,(H,20,23)(H,21,24)(H,22,25). The van der Waals surface area contributed by atoms with Gasteiger partial charge in [0.1, 0.15) is 5.75 Å². The molecule has 0 bridgehead atoms. The Labute approximate surface area is 151 Å². The highest BCUT2D eigenvalue weighted by atomic mass is 16.5. The fraction of sp³-hybridized carbons (Fsp3) is 0.211. The minimum Gasteiger partial charge on any atom is -0.481 e. The second-order valence-corrected chi connectivity index (χ2v) is 5.78. The van der Waals surface area contributed by atoms with E-state index in [-0.39, 0.29) is 5.91 Å². The molecule has 1 atom stereocenters. The number of carbonyl (C=O) groups is 3. The van der Waals surface area contributed by atoms with E-state index in [1.54, 1.807) is 37.3 Å². The number of rotatable bonds is 5. The number of anilines is 1. The number of benzene rings is 2. The van der Waals surface area contributed by atoms with Gasteiger partial charge in [-0.1, -0.05) is 12.1 Å².